The maximum atomic E-state index is 12.4. The van der Waals surface area contributed by atoms with Crippen LogP contribution in [-0.4, -0.2) is 55.2 Å². The number of carboxylic acid groups (broad SMARTS) is 2. The van der Waals surface area contributed by atoms with Gasteiger partial charge in [-0.25, -0.2) is 8.42 Å². The first-order chi connectivity index (χ1) is 12.0. The molecule has 10 nitrogen and oxygen atoms in total. The van der Waals surface area contributed by atoms with Crippen molar-refractivity contribution in [1.29, 1.82) is 0 Å². The van der Waals surface area contributed by atoms with Gasteiger partial charge in [0.1, 0.15) is 17.9 Å². The molecule has 0 aromatic heterocycles. The number of aliphatic carboxylic acids is 2. The van der Waals surface area contributed by atoms with E-state index in [0.29, 0.717) is 5.75 Å². The van der Waals surface area contributed by atoms with Crippen LogP contribution in [0.2, 0.25) is 0 Å². The highest BCUT2D eigenvalue weighted by molar-refractivity contribution is 7.89. The minimum absolute atomic E-state index is 0.232. The molecule has 1 amide bonds. The van der Waals surface area contributed by atoms with Gasteiger partial charge in [-0.3, -0.25) is 14.4 Å². The smallest absolute Gasteiger partial charge is 0.322 e. The van der Waals surface area contributed by atoms with Crippen molar-refractivity contribution in [2.75, 3.05) is 11.4 Å². The number of hydrogen-bond donors (Lipinski definition) is 3. The minimum Gasteiger partial charge on any atom is -0.487 e. The highest BCUT2D eigenvalue weighted by atomic mass is 32.2. The van der Waals surface area contributed by atoms with Gasteiger partial charge in [0.25, 0.3) is 0 Å². The Morgan fingerprint density at radius 2 is 2.00 bits per heavy atom. The predicted octanol–water partition coefficient (Wildman–Crippen LogP) is 0.0266. The second-order valence-electron chi connectivity index (χ2n) is 5.80. The van der Waals surface area contributed by atoms with Crippen molar-refractivity contribution in [3.05, 3.63) is 18.2 Å². The van der Waals surface area contributed by atoms with E-state index >= 15 is 0 Å². The fraction of sp³-hybridized carbons (Fsp3) is 0.400. The summed E-state index contributed by atoms with van der Waals surface area (Å²) in [7, 11) is -4.33. The Hall–Kier alpha value is -2.66. The van der Waals surface area contributed by atoms with E-state index in [9.17, 15) is 22.8 Å². The van der Waals surface area contributed by atoms with E-state index in [2.05, 4.69) is 0 Å². The van der Waals surface area contributed by atoms with E-state index in [1.807, 2.05) is 4.72 Å². The van der Waals surface area contributed by atoms with Crippen molar-refractivity contribution in [3.8, 4) is 5.75 Å². The topological polar surface area (TPSA) is 150 Å². The summed E-state index contributed by atoms with van der Waals surface area (Å²) in [5.41, 5.74) is 0.239. The molecule has 1 aromatic rings. The van der Waals surface area contributed by atoms with Gasteiger partial charge < -0.3 is 19.8 Å². The summed E-state index contributed by atoms with van der Waals surface area (Å²) < 4.78 is 32.3. The van der Waals surface area contributed by atoms with Crippen molar-refractivity contribution >= 4 is 33.6 Å². The van der Waals surface area contributed by atoms with E-state index in [-0.39, 0.29) is 29.1 Å². The first-order valence-corrected chi connectivity index (χ1v) is 9.05. The first kappa shape index (κ1) is 19.7. The molecule has 2 unspecified atom stereocenters. The number of nitrogens with one attached hydrogen (secondary N) is 1. The molecule has 0 aliphatic carbocycles. The molecule has 1 aliphatic heterocycles. The molecular weight excluding hydrogens is 368 g/mol. The van der Waals surface area contributed by atoms with Crippen LogP contribution >= 0.6 is 0 Å². The van der Waals surface area contributed by atoms with Gasteiger partial charge in [0.15, 0.2) is 0 Å². The van der Waals surface area contributed by atoms with Gasteiger partial charge in [0.05, 0.1) is 23.5 Å². The molecule has 0 fully saturated rings. The van der Waals surface area contributed by atoms with E-state index in [1.165, 1.54) is 30.0 Å². The summed E-state index contributed by atoms with van der Waals surface area (Å²) >= 11 is 0. The Labute approximate surface area is 149 Å². The molecule has 2 rings (SSSR count). The van der Waals surface area contributed by atoms with Gasteiger partial charge in [-0.2, -0.15) is 4.72 Å². The largest absolute Gasteiger partial charge is 0.487 e. The highest BCUT2D eigenvalue weighted by Gasteiger charge is 2.31. The van der Waals surface area contributed by atoms with E-state index in [4.69, 9.17) is 14.9 Å². The monoisotopic (exact) mass is 386 g/mol. The van der Waals surface area contributed by atoms with Gasteiger partial charge in [-0.15, -0.1) is 0 Å². The molecule has 0 saturated carbocycles. The number of nitrogens with zero attached hydrogens (tertiary/aromatic N) is 1. The van der Waals surface area contributed by atoms with Crippen molar-refractivity contribution < 1.29 is 37.8 Å². The zero-order valence-corrected chi connectivity index (χ0v) is 14.8. The number of sulfonamides is 1. The van der Waals surface area contributed by atoms with Crippen LogP contribution in [0, 0.1) is 0 Å². The molecule has 11 heteroatoms. The minimum atomic E-state index is -4.33. The van der Waals surface area contributed by atoms with Gasteiger partial charge in [-0.05, 0) is 25.1 Å². The molecule has 0 radical (unpaired) electrons. The first-order valence-electron chi connectivity index (χ1n) is 7.57. The maximum Gasteiger partial charge on any atom is 0.322 e. The zero-order valence-electron chi connectivity index (χ0n) is 14.0. The van der Waals surface area contributed by atoms with E-state index in [1.54, 1.807) is 6.92 Å². The molecule has 3 N–H and O–H groups in total. The Balaban J connectivity index is 2.39. The lowest BCUT2D eigenvalue weighted by atomic mass is 10.2. The molecular formula is C15H18N2O8S. The van der Waals surface area contributed by atoms with Gasteiger partial charge in [0.2, 0.25) is 15.9 Å². The highest BCUT2D eigenvalue weighted by Crippen LogP contribution is 2.35. The number of carbonyl (C=O) groups excluding carboxylic acids is 1. The van der Waals surface area contributed by atoms with Crippen LogP contribution in [-0.2, 0) is 24.4 Å². The number of ether oxygens (including phenoxy) is 1. The SMILES string of the molecule is CC(=O)N1CC(C)Oc2ccc(S(=O)(=O)NC(CC(=O)O)C(=O)O)cc21. The fourth-order valence-corrected chi connectivity index (χ4v) is 3.70. The van der Waals surface area contributed by atoms with Crippen LogP contribution in [0.25, 0.3) is 0 Å². The van der Waals surface area contributed by atoms with Crippen LogP contribution in [0.3, 0.4) is 0 Å². The van der Waals surface area contributed by atoms with Crippen molar-refractivity contribution in [3.63, 3.8) is 0 Å². The summed E-state index contributed by atoms with van der Waals surface area (Å²) in [6.07, 6.45) is -1.20. The van der Waals surface area contributed by atoms with Crippen molar-refractivity contribution in [2.45, 2.75) is 37.3 Å². The Morgan fingerprint density at radius 1 is 1.35 bits per heavy atom. The third-order valence-electron chi connectivity index (χ3n) is 3.65. The molecule has 0 saturated heterocycles. The normalized spacial score (nSPS) is 17.8. The van der Waals surface area contributed by atoms with Gasteiger partial charge in [-0.1, -0.05) is 0 Å². The second kappa shape index (κ2) is 7.30. The summed E-state index contributed by atoms with van der Waals surface area (Å²) in [6, 6.07) is 1.92. The Kier molecular flexibility index (Phi) is 5.52. The zero-order chi connectivity index (χ0) is 19.6. The lowest BCUT2D eigenvalue weighted by Gasteiger charge is -2.33. The standard InChI is InChI=1S/C15H18N2O8S/c1-8-7-17(9(2)18)12-5-10(3-4-13(12)25-8)26(23,24)16-11(15(21)22)6-14(19)20/h3-5,8,11,16H,6-7H2,1-2H3,(H,19,20)(H,21,22). The third kappa shape index (κ3) is 4.29. The van der Waals surface area contributed by atoms with E-state index < -0.39 is 34.4 Å². The third-order valence-corrected chi connectivity index (χ3v) is 5.12. The number of carbonyl (C=O) groups is 3. The lowest BCUT2D eigenvalue weighted by Crippen LogP contribution is -2.43. The van der Waals surface area contributed by atoms with Gasteiger partial charge >= 0.3 is 11.9 Å². The summed E-state index contributed by atoms with van der Waals surface area (Å²) in [5, 5.41) is 17.7. The molecule has 1 aromatic carbocycles. The van der Waals surface area contributed by atoms with Crippen LogP contribution < -0.4 is 14.4 Å². The number of amides is 1. The van der Waals surface area contributed by atoms with E-state index in [0.717, 1.165) is 0 Å². The molecule has 1 heterocycles. The number of hydrogen-bond acceptors (Lipinski definition) is 6. The number of carboxylic acids is 2. The average molecular weight is 386 g/mol. The summed E-state index contributed by atoms with van der Waals surface area (Å²) in [5.74, 6) is -3.07. The van der Waals surface area contributed by atoms with Crippen molar-refractivity contribution in [1.82, 2.24) is 4.72 Å². The van der Waals surface area contributed by atoms with Crippen LogP contribution in [0.15, 0.2) is 23.1 Å². The maximum absolute atomic E-state index is 12.4. The molecule has 0 bridgehead atoms. The molecule has 0 spiro atoms. The molecule has 142 valence electrons. The number of anilines is 1. The lowest BCUT2D eigenvalue weighted by molar-refractivity contribution is -0.145. The van der Waals surface area contributed by atoms with Crippen LogP contribution in [0.5, 0.6) is 5.75 Å². The average Bonchev–Trinajstić information content (AvgIpc) is 2.52. The Morgan fingerprint density at radius 3 is 2.54 bits per heavy atom. The predicted molar refractivity (Wildman–Crippen MR) is 88.6 cm³/mol. The van der Waals surface area contributed by atoms with Gasteiger partial charge in [0, 0.05) is 6.92 Å². The molecule has 26 heavy (non-hydrogen) atoms. The Bertz CT molecular complexity index is 851. The van der Waals surface area contributed by atoms with Crippen LogP contribution in [0.1, 0.15) is 20.3 Å². The number of benzene rings is 1. The number of rotatable bonds is 6. The fourth-order valence-electron chi connectivity index (χ4n) is 2.49. The molecule has 1 aliphatic rings. The summed E-state index contributed by atoms with van der Waals surface area (Å²) in [6.45, 7) is 3.32. The quantitative estimate of drug-likeness (QED) is 0.619. The van der Waals surface area contributed by atoms with Crippen molar-refractivity contribution in [2.24, 2.45) is 0 Å². The summed E-state index contributed by atoms with van der Waals surface area (Å²) in [4.78, 5) is 34.7. The number of fused-ring (bicyclic) bond motifs is 1. The second-order valence-corrected chi connectivity index (χ2v) is 7.51. The molecule has 2 atom stereocenters. The van der Waals surface area contributed by atoms with Crippen LogP contribution in [0.4, 0.5) is 5.69 Å².